The normalized spacial score (nSPS) is 19.1. The Hall–Kier alpha value is -2.51. The number of H-pyrrole nitrogens is 1. The van der Waals surface area contributed by atoms with Gasteiger partial charge in [0, 0.05) is 19.7 Å². The van der Waals surface area contributed by atoms with Crippen molar-refractivity contribution in [3.05, 3.63) is 34.2 Å². The molecule has 4 rings (SSSR count). The molecule has 33 heavy (non-hydrogen) atoms. The van der Waals surface area contributed by atoms with Gasteiger partial charge in [-0.25, -0.2) is 9.89 Å². The zero-order chi connectivity index (χ0) is 23.4. The van der Waals surface area contributed by atoms with Crippen LogP contribution in [0.3, 0.4) is 0 Å². The molecule has 2 saturated heterocycles. The highest BCUT2D eigenvalue weighted by Crippen LogP contribution is 2.36. The summed E-state index contributed by atoms with van der Waals surface area (Å²) in [7, 11) is 0. The highest BCUT2D eigenvalue weighted by atomic mass is 32.2. The van der Waals surface area contributed by atoms with Crippen molar-refractivity contribution in [2.75, 3.05) is 48.9 Å². The fourth-order valence-corrected chi connectivity index (χ4v) is 4.53. The highest BCUT2D eigenvalue weighted by molar-refractivity contribution is 7.99. The maximum absolute atomic E-state index is 13.3. The predicted octanol–water partition coefficient (Wildman–Crippen LogP) is 2.34. The lowest BCUT2D eigenvalue weighted by atomic mass is 10.1. The molecule has 1 atom stereocenters. The second kappa shape index (κ2) is 10.2. The molecule has 180 valence electrons. The van der Waals surface area contributed by atoms with Gasteiger partial charge in [0.25, 0.3) is 0 Å². The molecule has 0 radical (unpaired) electrons. The van der Waals surface area contributed by atoms with Crippen LogP contribution in [0.15, 0.2) is 28.2 Å². The number of hydrogen-bond donors (Lipinski definition) is 2. The van der Waals surface area contributed by atoms with Crippen LogP contribution >= 0.6 is 11.8 Å². The topological polar surface area (TPSA) is 101 Å². The largest absolute Gasteiger partial charge is 0.416 e. The van der Waals surface area contributed by atoms with Gasteiger partial charge in [-0.15, -0.1) is 5.10 Å². The summed E-state index contributed by atoms with van der Waals surface area (Å²) in [5.74, 6) is -0.637. The molecule has 9 nitrogen and oxygen atoms in total. The van der Waals surface area contributed by atoms with Crippen LogP contribution in [0.1, 0.15) is 18.4 Å². The number of amides is 1. The highest BCUT2D eigenvalue weighted by Gasteiger charge is 2.32. The molecular weight excluding hydrogens is 463 g/mol. The van der Waals surface area contributed by atoms with Crippen molar-refractivity contribution in [1.82, 2.24) is 14.8 Å². The number of aromatic nitrogens is 3. The summed E-state index contributed by atoms with van der Waals surface area (Å²) in [5, 5.41) is 9.24. The second-order valence-corrected chi connectivity index (χ2v) is 8.67. The first-order valence-electron chi connectivity index (χ1n) is 10.5. The number of alkyl halides is 3. The molecule has 0 aliphatic carbocycles. The number of ether oxygens (including phenoxy) is 2. The van der Waals surface area contributed by atoms with Crippen LogP contribution in [0.5, 0.6) is 0 Å². The molecule has 2 aliphatic rings. The zero-order valence-corrected chi connectivity index (χ0v) is 18.5. The lowest BCUT2D eigenvalue weighted by molar-refractivity contribution is -0.137. The number of nitrogens with one attached hydrogen (secondary N) is 2. The lowest BCUT2D eigenvalue weighted by Gasteiger charge is -2.31. The molecule has 2 aromatic rings. The number of morpholine rings is 1. The maximum atomic E-state index is 13.3. The van der Waals surface area contributed by atoms with E-state index in [0.717, 1.165) is 36.7 Å². The summed E-state index contributed by atoms with van der Waals surface area (Å²) in [6.45, 7) is 2.88. The Labute approximate surface area is 191 Å². The number of carbonyl (C=O) groups excluding carboxylic acids is 1. The fraction of sp³-hybridized carbons (Fsp3) is 0.550. The van der Waals surface area contributed by atoms with E-state index in [1.165, 1.54) is 10.6 Å². The molecule has 13 heteroatoms. The summed E-state index contributed by atoms with van der Waals surface area (Å²) in [6.07, 6.45) is -2.87. The molecule has 0 saturated carbocycles. The first-order chi connectivity index (χ1) is 15.8. The summed E-state index contributed by atoms with van der Waals surface area (Å²) in [5.41, 5.74) is -0.670. The fourth-order valence-electron chi connectivity index (χ4n) is 3.78. The average Bonchev–Trinajstić information content (AvgIpc) is 3.43. The molecule has 1 aromatic carbocycles. The number of hydrogen-bond acceptors (Lipinski definition) is 7. The minimum Gasteiger partial charge on any atom is -0.378 e. The monoisotopic (exact) mass is 487 g/mol. The van der Waals surface area contributed by atoms with Crippen molar-refractivity contribution >= 4 is 29.0 Å². The molecule has 0 bridgehead atoms. The van der Waals surface area contributed by atoms with Crippen LogP contribution in [0, 0.1) is 0 Å². The third-order valence-electron chi connectivity index (χ3n) is 5.42. The van der Waals surface area contributed by atoms with E-state index in [0.29, 0.717) is 50.3 Å². The Morgan fingerprint density at radius 2 is 2.06 bits per heavy atom. The molecule has 1 amide bonds. The molecule has 2 fully saturated rings. The Morgan fingerprint density at radius 3 is 2.76 bits per heavy atom. The van der Waals surface area contributed by atoms with E-state index < -0.39 is 23.3 Å². The SMILES string of the molecule is O=C(CSc1n[nH]c(=O)n1CC1CCCO1)Nc1cc(C(F)(F)F)ccc1N1CCOCC1. The van der Waals surface area contributed by atoms with E-state index in [1.54, 1.807) is 0 Å². The van der Waals surface area contributed by atoms with Gasteiger partial charge in [-0.05, 0) is 31.0 Å². The van der Waals surface area contributed by atoms with Gasteiger partial charge in [-0.1, -0.05) is 11.8 Å². The first kappa shape index (κ1) is 23.6. The first-order valence-corrected chi connectivity index (χ1v) is 11.5. The van der Waals surface area contributed by atoms with E-state index in [-0.39, 0.29) is 17.5 Å². The number of anilines is 2. The van der Waals surface area contributed by atoms with Crippen molar-refractivity contribution in [3.8, 4) is 0 Å². The predicted molar refractivity (Wildman–Crippen MR) is 116 cm³/mol. The summed E-state index contributed by atoms with van der Waals surface area (Å²) in [4.78, 5) is 26.6. The molecule has 0 spiro atoms. The van der Waals surface area contributed by atoms with Crippen molar-refractivity contribution in [3.63, 3.8) is 0 Å². The van der Waals surface area contributed by atoms with Gasteiger partial charge in [0.15, 0.2) is 5.16 Å². The van der Waals surface area contributed by atoms with E-state index in [2.05, 4.69) is 15.5 Å². The lowest BCUT2D eigenvalue weighted by Crippen LogP contribution is -2.37. The number of aromatic amines is 1. The van der Waals surface area contributed by atoms with Gasteiger partial charge in [0.05, 0.1) is 48.6 Å². The van der Waals surface area contributed by atoms with Gasteiger partial charge in [-0.2, -0.15) is 13.2 Å². The van der Waals surface area contributed by atoms with Crippen molar-refractivity contribution in [1.29, 1.82) is 0 Å². The van der Waals surface area contributed by atoms with E-state index in [1.807, 2.05) is 4.90 Å². The number of halogens is 3. The minimum absolute atomic E-state index is 0.0797. The number of thioether (sulfide) groups is 1. The van der Waals surface area contributed by atoms with Crippen LogP contribution in [0.25, 0.3) is 0 Å². The molecule has 3 heterocycles. The number of benzene rings is 1. The van der Waals surface area contributed by atoms with Crippen LogP contribution in [0.2, 0.25) is 0 Å². The average molecular weight is 488 g/mol. The smallest absolute Gasteiger partial charge is 0.378 e. The van der Waals surface area contributed by atoms with Gasteiger partial charge >= 0.3 is 11.9 Å². The van der Waals surface area contributed by atoms with Gasteiger partial charge in [0.1, 0.15) is 0 Å². The third-order valence-corrected chi connectivity index (χ3v) is 6.39. The standard InChI is InChI=1S/C20H24F3N5O4S/c21-20(22,23)13-3-4-16(27-5-8-31-9-6-27)15(10-13)24-17(29)12-33-19-26-25-18(30)28(19)11-14-2-1-7-32-14/h3-4,10,14H,1-2,5-9,11-12H2,(H,24,29)(H,25,30). The van der Waals surface area contributed by atoms with Crippen molar-refractivity contribution in [2.24, 2.45) is 0 Å². The molecule has 2 N–H and O–H groups in total. The Balaban J connectivity index is 1.46. The third kappa shape index (κ3) is 5.89. The van der Waals surface area contributed by atoms with Gasteiger partial charge < -0.3 is 19.7 Å². The number of rotatable bonds is 7. The molecule has 2 aliphatic heterocycles. The van der Waals surface area contributed by atoms with E-state index >= 15 is 0 Å². The second-order valence-electron chi connectivity index (χ2n) is 7.72. The van der Waals surface area contributed by atoms with Crippen LogP contribution in [-0.2, 0) is 27.0 Å². The Morgan fingerprint density at radius 1 is 1.27 bits per heavy atom. The quantitative estimate of drug-likeness (QED) is 0.578. The summed E-state index contributed by atoms with van der Waals surface area (Å²) in [6, 6.07) is 3.31. The van der Waals surface area contributed by atoms with Crippen LogP contribution < -0.4 is 15.9 Å². The molecule has 1 unspecified atom stereocenters. The minimum atomic E-state index is -4.54. The van der Waals surface area contributed by atoms with Crippen LogP contribution in [0.4, 0.5) is 24.5 Å². The summed E-state index contributed by atoms with van der Waals surface area (Å²) < 4.78 is 52.1. The Bertz CT molecular complexity index is 1030. The molecular formula is C20H24F3N5O4S. The van der Waals surface area contributed by atoms with Gasteiger partial charge in [0.2, 0.25) is 5.91 Å². The van der Waals surface area contributed by atoms with Crippen molar-refractivity contribution in [2.45, 2.75) is 36.8 Å². The van der Waals surface area contributed by atoms with Crippen LogP contribution in [-0.4, -0.2) is 65.4 Å². The molecule has 1 aromatic heterocycles. The van der Waals surface area contributed by atoms with E-state index in [9.17, 15) is 22.8 Å². The zero-order valence-electron chi connectivity index (χ0n) is 17.7. The Kier molecular flexibility index (Phi) is 7.29. The van der Waals surface area contributed by atoms with Crippen molar-refractivity contribution < 1.29 is 27.4 Å². The summed E-state index contributed by atoms with van der Waals surface area (Å²) >= 11 is 1.03. The van der Waals surface area contributed by atoms with E-state index in [4.69, 9.17) is 9.47 Å². The number of carbonyl (C=O) groups is 1. The maximum Gasteiger partial charge on any atom is 0.416 e. The van der Waals surface area contributed by atoms with Gasteiger partial charge in [-0.3, -0.25) is 9.36 Å². The number of nitrogens with zero attached hydrogens (tertiary/aromatic N) is 3.